The summed E-state index contributed by atoms with van der Waals surface area (Å²) in [5.74, 6) is 1.98. The van der Waals surface area contributed by atoms with Gasteiger partial charge in [-0.15, -0.1) is 0 Å². The van der Waals surface area contributed by atoms with Crippen molar-refractivity contribution in [2.75, 3.05) is 0 Å². The molecule has 0 aliphatic heterocycles. The normalized spacial score (nSPS) is 17.6. The summed E-state index contributed by atoms with van der Waals surface area (Å²) in [6, 6.07) is 5.28. The third-order valence-corrected chi connectivity index (χ3v) is 3.23. The number of phenols is 1. The average Bonchev–Trinajstić information content (AvgIpc) is 2.84. The van der Waals surface area contributed by atoms with E-state index in [0.29, 0.717) is 11.7 Å². The largest absolute Gasteiger partial charge is 0.508 e. The number of benzene rings is 1. The van der Waals surface area contributed by atoms with E-state index in [2.05, 4.69) is 9.97 Å². The van der Waals surface area contributed by atoms with E-state index < -0.39 is 0 Å². The number of rotatable bonds is 1. The van der Waals surface area contributed by atoms with E-state index in [9.17, 15) is 5.11 Å². The molecular formula is C12H14N2O. The molecule has 2 N–H and O–H groups in total. The van der Waals surface area contributed by atoms with Crippen LogP contribution in [0.5, 0.6) is 5.75 Å². The zero-order valence-electron chi connectivity index (χ0n) is 8.53. The number of aromatic nitrogens is 2. The van der Waals surface area contributed by atoms with Gasteiger partial charge in [-0.05, 0) is 25.0 Å². The minimum atomic E-state index is 0.295. The van der Waals surface area contributed by atoms with Crippen molar-refractivity contribution in [2.45, 2.75) is 31.6 Å². The number of phenolic OH excluding ortho intramolecular Hbond substituents is 1. The second kappa shape index (κ2) is 3.26. The van der Waals surface area contributed by atoms with Crippen LogP contribution in [-0.2, 0) is 0 Å². The molecule has 2 aromatic rings. The number of nitrogens with zero attached hydrogens (tertiary/aromatic N) is 1. The fourth-order valence-corrected chi connectivity index (χ4v) is 2.41. The quantitative estimate of drug-likeness (QED) is 0.747. The van der Waals surface area contributed by atoms with Crippen LogP contribution >= 0.6 is 0 Å². The van der Waals surface area contributed by atoms with Gasteiger partial charge in [-0.1, -0.05) is 12.8 Å². The van der Waals surface area contributed by atoms with Gasteiger partial charge in [0.1, 0.15) is 11.6 Å². The van der Waals surface area contributed by atoms with Gasteiger partial charge in [0.15, 0.2) is 0 Å². The molecule has 1 aliphatic rings. The Morgan fingerprint density at radius 2 is 2.07 bits per heavy atom. The monoisotopic (exact) mass is 202 g/mol. The molecule has 3 heteroatoms. The van der Waals surface area contributed by atoms with Crippen LogP contribution in [0.4, 0.5) is 0 Å². The lowest BCUT2D eigenvalue weighted by Crippen LogP contribution is -1.93. The van der Waals surface area contributed by atoms with Crippen molar-refractivity contribution in [3.05, 3.63) is 24.0 Å². The summed E-state index contributed by atoms with van der Waals surface area (Å²) < 4.78 is 0. The van der Waals surface area contributed by atoms with Crippen molar-refractivity contribution in [2.24, 2.45) is 0 Å². The SMILES string of the molecule is Oc1ccc2nc(C3CCCC3)[nH]c2c1. The Bertz CT molecular complexity index is 483. The van der Waals surface area contributed by atoms with Crippen LogP contribution in [0.25, 0.3) is 11.0 Å². The molecule has 1 aliphatic carbocycles. The summed E-state index contributed by atoms with van der Waals surface area (Å²) >= 11 is 0. The van der Waals surface area contributed by atoms with Gasteiger partial charge in [-0.25, -0.2) is 4.98 Å². The molecular weight excluding hydrogens is 188 g/mol. The Morgan fingerprint density at radius 1 is 1.27 bits per heavy atom. The second-order valence-corrected chi connectivity index (χ2v) is 4.30. The van der Waals surface area contributed by atoms with Crippen LogP contribution in [0, 0.1) is 0 Å². The summed E-state index contributed by atoms with van der Waals surface area (Å²) in [7, 11) is 0. The number of H-pyrrole nitrogens is 1. The zero-order chi connectivity index (χ0) is 10.3. The highest BCUT2D eigenvalue weighted by Crippen LogP contribution is 2.33. The zero-order valence-corrected chi connectivity index (χ0v) is 8.53. The Hall–Kier alpha value is -1.51. The maximum absolute atomic E-state index is 9.36. The second-order valence-electron chi connectivity index (χ2n) is 4.30. The molecule has 0 atom stereocenters. The van der Waals surface area contributed by atoms with Gasteiger partial charge in [-0.3, -0.25) is 0 Å². The van der Waals surface area contributed by atoms with Crippen molar-refractivity contribution in [3.8, 4) is 5.75 Å². The standard InChI is InChI=1S/C12H14N2O/c15-9-5-6-10-11(7-9)14-12(13-10)8-3-1-2-4-8/h5-8,15H,1-4H2,(H,13,14). The minimum Gasteiger partial charge on any atom is -0.508 e. The lowest BCUT2D eigenvalue weighted by Gasteiger charge is -2.02. The first-order valence-corrected chi connectivity index (χ1v) is 5.51. The van der Waals surface area contributed by atoms with Gasteiger partial charge in [0.25, 0.3) is 0 Å². The number of fused-ring (bicyclic) bond motifs is 1. The van der Waals surface area contributed by atoms with Gasteiger partial charge in [0.05, 0.1) is 11.0 Å². The highest BCUT2D eigenvalue weighted by molar-refractivity contribution is 5.76. The van der Waals surface area contributed by atoms with E-state index in [1.165, 1.54) is 25.7 Å². The average molecular weight is 202 g/mol. The fraction of sp³-hybridized carbons (Fsp3) is 0.417. The Balaban J connectivity index is 2.05. The van der Waals surface area contributed by atoms with Crippen LogP contribution in [0.2, 0.25) is 0 Å². The number of hydrogen-bond donors (Lipinski definition) is 2. The van der Waals surface area contributed by atoms with Crippen LogP contribution in [0.3, 0.4) is 0 Å². The highest BCUT2D eigenvalue weighted by atomic mass is 16.3. The molecule has 0 radical (unpaired) electrons. The first kappa shape index (κ1) is 8.77. The first-order valence-electron chi connectivity index (χ1n) is 5.51. The van der Waals surface area contributed by atoms with Gasteiger partial charge in [-0.2, -0.15) is 0 Å². The van der Waals surface area contributed by atoms with Crippen LogP contribution in [-0.4, -0.2) is 15.1 Å². The molecule has 0 bridgehead atoms. The van der Waals surface area contributed by atoms with Crippen LogP contribution in [0.1, 0.15) is 37.4 Å². The van der Waals surface area contributed by atoms with Crippen molar-refractivity contribution in [1.82, 2.24) is 9.97 Å². The van der Waals surface area contributed by atoms with E-state index >= 15 is 0 Å². The molecule has 0 spiro atoms. The van der Waals surface area contributed by atoms with Gasteiger partial charge >= 0.3 is 0 Å². The summed E-state index contributed by atoms with van der Waals surface area (Å²) in [5, 5.41) is 9.36. The van der Waals surface area contributed by atoms with E-state index in [-0.39, 0.29) is 0 Å². The molecule has 15 heavy (non-hydrogen) atoms. The molecule has 3 rings (SSSR count). The maximum atomic E-state index is 9.36. The Morgan fingerprint density at radius 3 is 2.87 bits per heavy atom. The number of aromatic amines is 1. The lowest BCUT2D eigenvalue weighted by molar-refractivity contribution is 0.476. The van der Waals surface area contributed by atoms with Gasteiger partial charge in [0.2, 0.25) is 0 Å². The third kappa shape index (κ3) is 1.48. The molecule has 1 saturated carbocycles. The van der Waals surface area contributed by atoms with Crippen molar-refractivity contribution in [1.29, 1.82) is 0 Å². The fourth-order valence-electron chi connectivity index (χ4n) is 2.41. The third-order valence-electron chi connectivity index (χ3n) is 3.23. The van der Waals surface area contributed by atoms with E-state index in [1.807, 2.05) is 6.07 Å². The van der Waals surface area contributed by atoms with Gasteiger partial charge in [0, 0.05) is 12.0 Å². The topological polar surface area (TPSA) is 48.9 Å². The predicted molar refractivity (Wildman–Crippen MR) is 59.0 cm³/mol. The number of imidazole rings is 1. The smallest absolute Gasteiger partial charge is 0.117 e. The first-order chi connectivity index (χ1) is 7.33. The number of nitrogens with one attached hydrogen (secondary N) is 1. The summed E-state index contributed by atoms with van der Waals surface area (Å²) in [6.07, 6.45) is 5.11. The van der Waals surface area contributed by atoms with Crippen LogP contribution in [0.15, 0.2) is 18.2 Å². The predicted octanol–water partition coefficient (Wildman–Crippen LogP) is 2.93. The molecule has 0 saturated heterocycles. The summed E-state index contributed by atoms with van der Waals surface area (Å²) in [6.45, 7) is 0. The Labute approximate surface area is 88.2 Å². The number of hydrogen-bond acceptors (Lipinski definition) is 2. The van der Waals surface area contributed by atoms with E-state index in [1.54, 1.807) is 12.1 Å². The van der Waals surface area contributed by atoms with Gasteiger partial charge < -0.3 is 10.1 Å². The molecule has 0 unspecified atom stereocenters. The molecule has 0 amide bonds. The molecule has 3 nitrogen and oxygen atoms in total. The molecule has 1 aromatic carbocycles. The minimum absolute atomic E-state index is 0.295. The van der Waals surface area contributed by atoms with Crippen molar-refractivity contribution < 1.29 is 5.11 Å². The van der Waals surface area contributed by atoms with Crippen molar-refractivity contribution in [3.63, 3.8) is 0 Å². The number of aromatic hydroxyl groups is 1. The lowest BCUT2D eigenvalue weighted by atomic mass is 10.1. The van der Waals surface area contributed by atoms with Crippen molar-refractivity contribution >= 4 is 11.0 Å². The summed E-state index contributed by atoms with van der Waals surface area (Å²) in [4.78, 5) is 7.88. The highest BCUT2D eigenvalue weighted by Gasteiger charge is 2.20. The molecule has 78 valence electrons. The molecule has 1 aromatic heterocycles. The van der Waals surface area contributed by atoms with Crippen LogP contribution < -0.4 is 0 Å². The molecule has 1 fully saturated rings. The van der Waals surface area contributed by atoms with E-state index in [4.69, 9.17) is 0 Å². The molecule has 1 heterocycles. The maximum Gasteiger partial charge on any atom is 0.117 e. The Kier molecular flexibility index (Phi) is 1.91. The van der Waals surface area contributed by atoms with E-state index in [0.717, 1.165) is 16.9 Å². The summed E-state index contributed by atoms with van der Waals surface area (Å²) in [5.41, 5.74) is 1.90.